The molecular formula is C12H19N3O. The van der Waals surface area contributed by atoms with Gasteiger partial charge in [-0.25, -0.2) is 9.97 Å². The lowest BCUT2D eigenvalue weighted by Gasteiger charge is -2.31. The highest BCUT2D eigenvalue weighted by atomic mass is 16.3. The van der Waals surface area contributed by atoms with Crippen molar-refractivity contribution in [3.8, 4) is 0 Å². The van der Waals surface area contributed by atoms with Crippen molar-refractivity contribution in [3.63, 3.8) is 0 Å². The molecule has 16 heavy (non-hydrogen) atoms. The minimum Gasteiger partial charge on any atom is -0.391 e. The van der Waals surface area contributed by atoms with E-state index in [1.165, 1.54) is 0 Å². The van der Waals surface area contributed by atoms with Crippen LogP contribution in [0, 0.1) is 0 Å². The van der Waals surface area contributed by atoms with Crippen LogP contribution in [0.4, 0.5) is 5.82 Å². The average Bonchev–Trinajstić information content (AvgIpc) is 2.29. The maximum atomic E-state index is 9.63. The molecule has 2 heterocycles. The van der Waals surface area contributed by atoms with Crippen molar-refractivity contribution >= 4 is 5.82 Å². The van der Waals surface area contributed by atoms with Gasteiger partial charge in [-0.05, 0) is 18.8 Å². The standard InChI is InChI=1S/C12H19N3O/c1-9(2)11-6-12(14-8-13-11)15-5-3-4-10(16)7-15/h6,8-10,16H,3-5,7H2,1-2H3. The van der Waals surface area contributed by atoms with Crippen LogP contribution in [0.5, 0.6) is 0 Å². The van der Waals surface area contributed by atoms with Gasteiger partial charge in [-0.15, -0.1) is 0 Å². The van der Waals surface area contributed by atoms with Gasteiger partial charge in [-0.2, -0.15) is 0 Å². The van der Waals surface area contributed by atoms with E-state index in [-0.39, 0.29) is 6.10 Å². The molecule has 0 aromatic carbocycles. The van der Waals surface area contributed by atoms with Gasteiger partial charge in [0, 0.05) is 24.8 Å². The van der Waals surface area contributed by atoms with Crippen molar-refractivity contribution in [1.29, 1.82) is 0 Å². The Morgan fingerprint density at radius 2 is 2.25 bits per heavy atom. The molecule has 0 amide bonds. The number of hydrogen-bond donors (Lipinski definition) is 1. The summed E-state index contributed by atoms with van der Waals surface area (Å²) in [4.78, 5) is 10.7. The van der Waals surface area contributed by atoms with Crippen LogP contribution in [0.2, 0.25) is 0 Å². The third-order valence-corrected chi connectivity index (χ3v) is 2.99. The first-order valence-corrected chi connectivity index (χ1v) is 5.92. The maximum Gasteiger partial charge on any atom is 0.132 e. The molecule has 1 aromatic heterocycles. The van der Waals surface area contributed by atoms with Crippen LogP contribution in [-0.2, 0) is 0 Å². The molecule has 4 heteroatoms. The van der Waals surface area contributed by atoms with Crippen LogP contribution in [0.25, 0.3) is 0 Å². The third-order valence-electron chi connectivity index (χ3n) is 2.99. The monoisotopic (exact) mass is 221 g/mol. The molecule has 1 saturated heterocycles. The number of aromatic nitrogens is 2. The third kappa shape index (κ3) is 2.50. The van der Waals surface area contributed by atoms with Crippen molar-refractivity contribution in [3.05, 3.63) is 18.1 Å². The van der Waals surface area contributed by atoms with E-state index in [4.69, 9.17) is 0 Å². The molecule has 0 aliphatic carbocycles. The Labute approximate surface area is 96.3 Å². The molecule has 1 unspecified atom stereocenters. The lowest BCUT2D eigenvalue weighted by atomic mass is 10.1. The maximum absolute atomic E-state index is 9.63. The van der Waals surface area contributed by atoms with Gasteiger partial charge >= 0.3 is 0 Å². The van der Waals surface area contributed by atoms with E-state index >= 15 is 0 Å². The number of β-amino-alcohol motifs (C(OH)–C–C–N with tert-alkyl or cyclic N) is 1. The highest BCUT2D eigenvalue weighted by Gasteiger charge is 2.19. The van der Waals surface area contributed by atoms with Gasteiger partial charge in [0.05, 0.1) is 6.10 Å². The minimum absolute atomic E-state index is 0.216. The summed E-state index contributed by atoms with van der Waals surface area (Å²) in [5.41, 5.74) is 1.06. The van der Waals surface area contributed by atoms with Crippen molar-refractivity contribution in [2.75, 3.05) is 18.0 Å². The predicted molar refractivity (Wildman–Crippen MR) is 63.6 cm³/mol. The van der Waals surface area contributed by atoms with E-state index in [2.05, 4.69) is 28.7 Å². The Morgan fingerprint density at radius 3 is 2.94 bits per heavy atom. The predicted octanol–water partition coefficient (Wildman–Crippen LogP) is 1.56. The number of anilines is 1. The normalized spacial score (nSPS) is 21.5. The van der Waals surface area contributed by atoms with Crippen molar-refractivity contribution in [1.82, 2.24) is 9.97 Å². The lowest BCUT2D eigenvalue weighted by molar-refractivity contribution is 0.154. The van der Waals surface area contributed by atoms with E-state index in [9.17, 15) is 5.11 Å². The summed E-state index contributed by atoms with van der Waals surface area (Å²) in [7, 11) is 0. The summed E-state index contributed by atoms with van der Waals surface area (Å²) >= 11 is 0. The van der Waals surface area contributed by atoms with Crippen LogP contribution < -0.4 is 4.90 Å². The Bertz CT molecular complexity index is 354. The van der Waals surface area contributed by atoms with Crippen LogP contribution >= 0.6 is 0 Å². The second-order valence-corrected chi connectivity index (χ2v) is 4.70. The van der Waals surface area contributed by atoms with Gasteiger partial charge in [-0.1, -0.05) is 13.8 Å². The number of hydrogen-bond acceptors (Lipinski definition) is 4. The van der Waals surface area contributed by atoms with Gasteiger partial charge in [0.1, 0.15) is 12.1 Å². The van der Waals surface area contributed by atoms with E-state index in [0.29, 0.717) is 12.5 Å². The molecule has 1 aliphatic rings. The van der Waals surface area contributed by atoms with Gasteiger partial charge in [0.15, 0.2) is 0 Å². The molecule has 2 rings (SSSR count). The molecule has 1 fully saturated rings. The van der Waals surface area contributed by atoms with E-state index in [1.54, 1.807) is 6.33 Å². The number of rotatable bonds is 2. The molecule has 1 atom stereocenters. The highest BCUT2D eigenvalue weighted by molar-refractivity contribution is 5.40. The summed E-state index contributed by atoms with van der Waals surface area (Å²) < 4.78 is 0. The van der Waals surface area contributed by atoms with Gasteiger partial charge in [0.25, 0.3) is 0 Å². The molecule has 88 valence electrons. The van der Waals surface area contributed by atoms with Crippen molar-refractivity contribution in [2.24, 2.45) is 0 Å². The highest BCUT2D eigenvalue weighted by Crippen LogP contribution is 2.20. The van der Waals surface area contributed by atoms with E-state index in [0.717, 1.165) is 30.9 Å². The fourth-order valence-corrected chi connectivity index (χ4v) is 2.01. The number of aliphatic hydroxyl groups is 1. The molecule has 0 spiro atoms. The number of nitrogens with zero attached hydrogens (tertiary/aromatic N) is 3. The second-order valence-electron chi connectivity index (χ2n) is 4.70. The lowest BCUT2D eigenvalue weighted by Crippen LogP contribution is -2.38. The molecule has 0 saturated carbocycles. The zero-order valence-corrected chi connectivity index (χ0v) is 9.93. The minimum atomic E-state index is -0.216. The van der Waals surface area contributed by atoms with Gasteiger partial charge in [0.2, 0.25) is 0 Å². The smallest absolute Gasteiger partial charge is 0.132 e. The molecule has 0 bridgehead atoms. The van der Waals surface area contributed by atoms with Crippen LogP contribution in [-0.4, -0.2) is 34.3 Å². The van der Waals surface area contributed by atoms with Crippen molar-refractivity contribution < 1.29 is 5.11 Å². The summed E-state index contributed by atoms with van der Waals surface area (Å²) in [5, 5.41) is 9.63. The topological polar surface area (TPSA) is 49.2 Å². The zero-order valence-electron chi connectivity index (χ0n) is 9.93. The van der Waals surface area contributed by atoms with Crippen LogP contribution in [0.15, 0.2) is 12.4 Å². The molecule has 4 nitrogen and oxygen atoms in total. The van der Waals surface area contributed by atoms with Crippen molar-refractivity contribution in [2.45, 2.75) is 38.7 Å². The second kappa shape index (κ2) is 4.78. The van der Waals surface area contributed by atoms with Gasteiger partial charge < -0.3 is 10.0 Å². The first-order valence-electron chi connectivity index (χ1n) is 5.92. The number of aliphatic hydroxyl groups excluding tert-OH is 1. The zero-order chi connectivity index (χ0) is 11.5. The summed E-state index contributed by atoms with van der Waals surface area (Å²) in [5.74, 6) is 1.36. The SMILES string of the molecule is CC(C)c1cc(N2CCCC(O)C2)ncn1. The Kier molecular flexibility index (Phi) is 3.39. The summed E-state index contributed by atoms with van der Waals surface area (Å²) in [6, 6.07) is 2.03. The van der Waals surface area contributed by atoms with Gasteiger partial charge in [-0.3, -0.25) is 0 Å². The van der Waals surface area contributed by atoms with Crippen LogP contribution in [0.3, 0.4) is 0 Å². The molecule has 1 N–H and O–H groups in total. The first kappa shape index (κ1) is 11.3. The molecular weight excluding hydrogens is 202 g/mol. The number of piperidine rings is 1. The Morgan fingerprint density at radius 1 is 1.44 bits per heavy atom. The molecule has 1 aromatic rings. The largest absolute Gasteiger partial charge is 0.391 e. The first-order chi connectivity index (χ1) is 7.66. The average molecular weight is 221 g/mol. The summed E-state index contributed by atoms with van der Waals surface area (Å²) in [6.07, 6.45) is 3.33. The van der Waals surface area contributed by atoms with E-state index in [1.807, 2.05) is 6.07 Å². The molecule has 1 aliphatic heterocycles. The fraction of sp³-hybridized carbons (Fsp3) is 0.667. The Hall–Kier alpha value is -1.16. The van der Waals surface area contributed by atoms with E-state index < -0.39 is 0 Å². The summed E-state index contributed by atoms with van der Waals surface area (Å²) in [6.45, 7) is 5.91. The fourth-order valence-electron chi connectivity index (χ4n) is 2.01. The molecule has 0 radical (unpaired) electrons. The Balaban J connectivity index is 2.16. The quantitative estimate of drug-likeness (QED) is 0.823. The van der Waals surface area contributed by atoms with Crippen LogP contribution in [0.1, 0.15) is 38.3 Å².